The molecule has 1 N–H and O–H groups in total. The van der Waals surface area contributed by atoms with Crippen LogP contribution in [0.15, 0.2) is 29.3 Å². The van der Waals surface area contributed by atoms with Crippen molar-refractivity contribution in [3.63, 3.8) is 0 Å². The first-order valence-corrected chi connectivity index (χ1v) is 10.6. The number of hydrogen-bond donors (Lipinski definition) is 1. The SMILES string of the molecule is CCNC(=NCCCOc1ccccc1C)N1CCC(OCCCOC)CC1.I. The molecule has 1 aromatic carbocycles. The Kier molecular flexibility index (Phi) is 14.1. The number of likely N-dealkylation sites (tertiary alicyclic amines) is 1. The van der Waals surface area contributed by atoms with Gasteiger partial charge in [0, 0.05) is 52.9 Å². The van der Waals surface area contributed by atoms with Crippen molar-refractivity contribution in [1.82, 2.24) is 10.2 Å². The third-order valence-electron chi connectivity index (χ3n) is 4.84. The number of aryl methyl sites for hydroxylation is 1. The number of para-hydroxylation sites is 1. The molecule has 0 atom stereocenters. The zero-order valence-electron chi connectivity index (χ0n) is 18.2. The van der Waals surface area contributed by atoms with E-state index >= 15 is 0 Å². The van der Waals surface area contributed by atoms with Crippen LogP contribution in [0.1, 0.15) is 38.2 Å². The second-order valence-corrected chi connectivity index (χ2v) is 7.11. The fourth-order valence-corrected chi connectivity index (χ4v) is 3.26. The first-order chi connectivity index (χ1) is 13.7. The highest BCUT2D eigenvalue weighted by Crippen LogP contribution is 2.16. The van der Waals surface area contributed by atoms with E-state index in [9.17, 15) is 0 Å². The molecule has 1 saturated heterocycles. The fraction of sp³-hybridized carbons (Fsp3) is 0.682. The smallest absolute Gasteiger partial charge is 0.193 e. The minimum absolute atomic E-state index is 0. The molecule has 0 bridgehead atoms. The standard InChI is InChI=1S/C22H37N3O3.HI/c1-4-23-22(24-13-7-17-28-21-10-6-5-9-19(21)2)25-14-11-20(12-15-25)27-18-8-16-26-3;/h5-6,9-10,20H,4,7-8,11-18H2,1-3H3,(H,23,24);1H. The summed E-state index contributed by atoms with van der Waals surface area (Å²) in [5.41, 5.74) is 1.17. The first-order valence-electron chi connectivity index (χ1n) is 10.6. The number of rotatable bonds is 11. The summed E-state index contributed by atoms with van der Waals surface area (Å²) in [4.78, 5) is 7.14. The van der Waals surface area contributed by atoms with Crippen LogP contribution in [0, 0.1) is 6.92 Å². The lowest BCUT2D eigenvalue weighted by atomic mass is 10.1. The summed E-state index contributed by atoms with van der Waals surface area (Å²) in [6, 6.07) is 8.13. The van der Waals surface area contributed by atoms with Crippen molar-refractivity contribution < 1.29 is 14.2 Å². The molecule has 1 aliphatic heterocycles. The van der Waals surface area contributed by atoms with Gasteiger partial charge in [-0.25, -0.2) is 0 Å². The molecule has 0 amide bonds. The van der Waals surface area contributed by atoms with Crippen LogP contribution in [0.4, 0.5) is 0 Å². The van der Waals surface area contributed by atoms with Crippen LogP contribution in [0.2, 0.25) is 0 Å². The van der Waals surface area contributed by atoms with Gasteiger partial charge in [0.15, 0.2) is 5.96 Å². The van der Waals surface area contributed by atoms with Crippen molar-refractivity contribution in [2.45, 2.75) is 45.6 Å². The monoisotopic (exact) mass is 519 g/mol. The van der Waals surface area contributed by atoms with Crippen LogP contribution in [0.5, 0.6) is 5.75 Å². The second kappa shape index (κ2) is 15.7. The highest BCUT2D eigenvalue weighted by molar-refractivity contribution is 14.0. The Labute approximate surface area is 193 Å². The Hall–Kier alpha value is -1.06. The fourth-order valence-electron chi connectivity index (χ4n) is 3.26. The van der Waals surface area contributed by atoms with E-state index in [-0.39, 0.29) is 24.0 Å². The van der Waals surface area contributed by atoms with Crippen LogP contribution >= 0.6 is 24.0 Å². The molecule has 1 heterocycles. The van der Waals surface area contributed by atoms with Gasteiger partial charge in [-0.2, -0.15) is 0 Å². The van der Waals surface area contributed by atoms with E-state index in [1.54, 1.807) is 7.11 Å². The molecule has 1 aliphatic rings. The predicted molar refractivity (Wildman–Crippen MR) is 130 cm³/mol. The summed E-state index contributed by atoms with van der Waals surface area (Å²) >= 11 is 0. The topological polar surface area (TPSA) is 55.3 Å². The summed E-state index contributed by atoms with van der Waals surface area (Å²) in [6.45, 7) is 10.0. The number of aliphatic imine (C=N–C) groups is 1. The van der Waals surface area contributed by atoms with E-state index in [0.29, 0.717) is 12.7 Å². The van der Waals surface area contributed by atoms with Gasteiger partial charge in [-0.15, -0.1) is 24.0 Å². The van der Waals surface area contributed by atoms with Crippen LogP contribution < -0.4 is 10.1 Å². The third kappa shape index (κ3) is 10.00. The van der Waals surface area contributed by atoms with E-state index in [1.165, 1.54) is 5.56 Å². The zero-order valence-corrected chi connectivity index (χ0v) is 20.5. The maximum absolute atomic E-state index is 5.95. The van der Waals surface area contributed by atoms with Gasteiger partial charge in [0.1, 0.15) is 5.75 Å². The number of nitrogens with one attached hydrogen (secondary N) is 1. The molecular weight excluding hydrogens is 481 g/mol. The maximum Gasteiger partial charge on any atom is 0.193 e. The van der Waals surface area contributed by atoms with Crippen LogP contribution in [-0.2, 0) is 9.47 Å². The molecule has 0 saturated carbocycles. The highest BCUT2D eigenvalue weighted by Gasteiger charge is 2.21. The molecule has 2 rings (SSSR count). The van der Waals surface area contributed by atoms with Gasteiger partial charge < -0.3 is 24.4 Å². The molecule has 1 aromatic rings. The van der Waals surface area contributed by atoms with Crippen molar-refractivity contribution in [1.29, 1.82) is 0 Å². The van der Waals surface area contributed by atoms with Gasteiger partial charge in [0.2, 0.25) is 0 Å². The van der Waals surface area contributed by atoms with E-state index in [2.05, 4.69) is 30.1 Å². The number of hydrogen-bond acceptors (Lipinski definition) is 4. The number of piperidine rings is 1. The summed E-state index contributed by atoms with van der Waals surface area (Å²) < 4.78 is 16.9. The normalized spacial score (nSPS) is 15.1. The van der Waals surface area contributed by atoms with E-state index in [0.717, 1.165) is 76.8 Å². The summed E-state index contributed by atoms with van der Waals surface area (Å²) in [5, 5.41) is 3.42. The number of halogens is 1. The Morgan fingerprint density at radius 1 is 1.14 bits per heavy atom. The van der Waals surface area contributed by atoms with Crippen molar-refractivity contribution >= 4 is 29.9 Å². The Morgan fingerprint density at radius 3 is 2.59 bits per heavy atom. The second-order valence-electron chi connectivity index (χ2n) is 7.11. The third-order valence-corrected chi connectivity index (χ3v) is 4.84. The van der Waals surface area contributed by atoms with Gasteiger partial charge in [-0.1, -0.05) is 18.2 Å². The molecule has 0 unspecified atom stereocenters. The lowest BCUT2D eigenvalue weighted by Crippen LogP contribution is -2.47. The Morgan fingerprint density at radius 2 is 1.90 bits per heavy atom. The van der Waals surface area contributed by atoms with Crippen molar-refractivity contribution in [2.75, 3.05) is 53.1 Å². The number of guanidine groups is 1. The molecule has 166 valence electrons. The molecule has 6 nitrogen and oxygen atoms in total. The zero-order chi connectivity index (χ0) is 20.0. The molecule has 0 aromatic heterocycles. The van der Waals surface area contributed by atoms with Gasteiger partial charge in [0.05, 0.1) is 12.7 Å². The molecule has 0 radical (unpaired) electrons. The van der Waals surface area contributed by atoms with E-state index in [1.807, 2.05) is 18.2 Å². The van der Waals surface area contributed by atoms with E-state index < -0.39 is 0 Å². The van der Waals surface area contributed by atoms with Gasteiger partial charge in [-0.3, -0.25) is 4.99 Å². The summed E-state index contributed by atoms with van der Waals surface area (Å²) in [5.74, 6) is 1.97. The van der Waals surface area contributed by atoms with Crippen LogP contribution in [-0.4, -0.2) is 70.1 Å². The Bertz CT molecular complexity index is 578. The molecule has 1 fully saturated rings. The lowest BCUT2D eigenvalue weighted by Gasteiger charge is -2.34. The molecule has 0 spiro atoms. The molecule has 29 heavy (non-hydrogen) atoms. The molecule has 0 aliphatic carbocycles. The van der Waals surface area contributed by atoms with Crippen molar-refractivity contribution in [3.8, 4) is 5.75 Å². The van der Waals surface area contributed by atoms with Crippen molar-refractivity contribution in [3.05, 3.63) is 29.8 Å². The van der Waals surface area contributed by atoms with Crippen LogP contribution in [0.3, 0.4) is 0 Å². The lowest BCUT2D eigenvalue weighted by molar-refractivity contribution is 0.00990. The largest absolute Gasteiger partial charge is 0.493 e. The average Bonchev–Trinajstić information content (AvgIpc) is 2.72. The van der Waals surface area contributed by atoms with Gasteiger partial charge >= 0.3 is 0 Å². The average molecular weight is 519 g/mol. The maximum atomic E-state index is 5.95. The van der Waals surface area contributed by atoms with Crippen LogP contribution in [0.25, 0.3) is 0 Å². The minimum atomic E-state index is 0. The van der Waals surface area contributed by atoms with Crippen molar-refractivity contribution in [2.24, 2.45) is 4.99 Å². The van der Waals surface area contributed by atoms with Gasteiger partial charge in [0.25, 0.3) is 0 Å². The van der Waals surface area contributed by atoms with E-state index in [4.69, 9.17) is 19.2 Å². The first kappa shape index (κ1) is 26.0. The molecular formula is C22H38IN3O3. The highest BCUT2D eigenvalue weighted by atomic mass is 127. The number of nitrogens with zero attached hydrogens (tertiary/aromatic N) is 2. The molecule has 7 heteroatoms. The number of ether oxygens (including phenoxy) is 3. The minimum Gasteiger partial charge on any atom is -0.493 e. The Balaban J connectivity index is 0.00000420. The number of methoxy groups -OCH3 is 1. The predicted octanol–water partition coefficient (Wildman–Crippen LogP) is 3.86. The number of benzene rings is 1. The summed E-state index contributed by atoms with van der Waals surface area (Å²) in [6.07, 6.45) is 4.33. The quantitative estimate of drug-likeness (QED) is 0.208. The summed E-state index contributed by atoms with van der Waals surface area (Å²) in [7, 11) is 1.73. The van der Waals surface area contributed by atoms with Gasteiger partial charge in [-0.05, 0) is 44.7 Å².